The van der Waals surface area contributed by atoms with Crippen LogP contribution in [0.25, 0.3) is 0 Å². The molecular weight excluding hydrogens is 304 g/mol. The van der Waals surface area contributed by atoms with E-state index in [-0.39, 0.29) is 24.2 Å². The highest BCUT2D eigenvalue weighted by Gasteiger charge is 2.30. The lowest BCUT2D eigenvalue weighted by Crippen LogP contribution is -2.49. The van der Waals surface area contributed by atoms with Crippen LogP contribution in [0.3, 0.4) is 0 Å². The molecule has 1 aliphatic rings. The summed E-state index contributed by atoms with van der Waals surface area (Å²) in [6.45, 7) is 4.44. The van der Waals surface area contributed by atoms with Crippen LogP contribution >= 0.6 is 12.4 Å². The molecule has 1 aliphatic heterocycles. The predicted octanol–water partition coefficient (Wildman–Crippen LogP) is 1.94. The minimum Gasteiger partial charge on any atom is -0.497 e. The first kappa shape index (κ1) is 18.6. The second kappa shape index (κ2) is 8.25. The van der Waals surface area contributed by atoms with E-state index in [1.54, 1.807) is 19.1 Å². The summed E-state index contributed by atoms with van der Waals surface area (Å²) in [5.74, 6) is 2.18. The Morgan fingerprint density at radius 1 is 1.27 bits per heavy atom. The van der Waals surface area contributed by atoms with Crippen LogP contribution in [-0.4, -0.2) is 45.2 Å². The Labute approximate surface area is 138 Å². The lowest BCUT2D eigenvalue weighted by molar-refractivity contribution is -0.136. The second-order valence-corrected chi connectivity index (χ2v) is 5.62. The fourth-order valence-electron chi connectivity index (χ4n) is 2.52. The highest BCUT2D eigenvalue weighted by atomic mass is 35.5. The lowest BCUT2D eigenvalue weighted by atomic mass is 9.88. The van der Waals surface area contributed by atoms with Gasteiger partial charge in [-0.05, 0) is 36.7 Å². The molecule has 0 bridgehead atoms. The van der Waals surface area contributed by atoms with Gasteiger partial charge in [0.05, 0.1) is 14.2 Å². The number of nitrogens with zero attached hydrogens (tertiary/aromatic N) is 1. The maximum Gasteiger partial charge on any atom is 0.225 e. The van der Waals surface area contributed by atoms with Gasteiger partial charge in [-0.15, -0.1) is 12.4 Å². The predicted molar refractivity (Wildman–Crippen MR) is 88.8 cm³/mol. The maximum atomic E-state index is 12.4. The average Bonchev–Trinajstić information content (AvgIpc) is 2.43. The van der Waals surface area contributed by atoms with E-state index in [2.05, 4.69) is 5.32 Å². The molecule has 1 heterocycles. The summed E-state index contributed by atoms with van der Waals surface area (Å²) in [6.07, 6.45) is 0. The fraction of sp³-hybridized carbons (Fsp3) is 0.562. The van der Waals surface area contributed by atoms with Crippen molar-refractivity contribution in [3.63, 3.8) is 0 Å². The van der Waals surface area contributed by atoms with Gasteiger partial charge in [0.2, 0.25) is 5.91 Å². The summed E-state index contributed by atoms with van der Waals surface area (Å²) in [5.41, 5.74) is 1.00. The van der Waals surface area contributed by atoms with Crippen molar-refractivity contribution >= 4 is 18.3 Å². The van der Waals surface area contributed by atoms with Gasteiger partial charge in [0.1, 0.15) is 11.5 Å². The van der Waals surface area contributed by atoms with Crippen LogP contribution in [0.4, 0.5) is 0 Å². The molecule has 5 nitrogen and oxygen atoms in total. The molecule has 0 spiro atoms. The third kappa shape index (κ3) is 4.27. The number of carbonyl (C=O) groups excluding carboxylic acids is 1. The number of methoxy groups -OCH3 is 2. The van der Waals surface area contributed by atoms with Crippen LogP contribution in [0.5, 0.6) is 11.5 Å². The SMILES string of the molecule is COc1cc(CN(C)C(=O)C(C)C2CNC2)cc(OC)c1.Cl. The van der Waals surface area contributed by atoms with E-state index in [1.165, 1.54) is 0 Å². The summed E-state index contributed by atoms with van der Waals surface area (Å²) in [7, 11) is 5.09. The third-order valence-electron chi connectivity index (χ3n) is 4.12. The minimum absolute atomic E-state index is 0. The number of carbonyl (C=O) groups is 1. The van der Waals surface area contributed by atoms with Gasteiger partial charge in [-0.1, -0.05) is 6.92 Å². The van der Waals surface area contributed by atoms with Crippen molar-refractivity contribution < 1.29 is 14.3 Å². The van der Waals surface area contributed by atoms with Gasteiger partial charge in [-0.2, -0.15) is 0 Å². The molecule has 0 radical (unpaired) electrons. The molecule has 1 fully saturated rings. The molecule has 2 rings (SSSR count). The highest BCUT2D eigenvalue weighted by molar-refractivity contribution is 5.85. The molecule has 1 amide bonds. The Bertz CT molecular complexity index is 484. The maximum absolute atomic E-state index is 12.4. The number of amides is 1. The minimum atomic E-state index is 0. The number of ether oxygens (including phenoxy) is 2. The Balaban J connectivity index is 0.00000242. The van der Waals surface area contributed by atoms with Crippen LogP contribution in [0.2, 0.25) is 0 Å². The Kier molecular flexibility index (Phi) is 6.97. The first-order valence-electron chi connectivity index (χ1n) is 7.22. The van der Waals surface area contributed by atoms with E-state index in [4.69, 9.17) is 9.47 Å². The molecule has 0 aliphatic carbocycles. The number of hydrogen-bond donors (Lipinski definition) is 1. The van der Waals surface area contributed by atoms with Crippen molar-refractivity contribution in [1.82, 2.24) is 10.2 Å². The molecular formula is C16H25ClN2O3. The first-order valence-corrected chi connectivity index (χ1v) is 7.22. The van der Waals surface area contributed by atoms with E-state index in [1.807, 2.05) is 32.2 Å². The lowest BCUT2D eigenvalue weighted by Gasteiger charge is -2.34. The Hall–Kier alpha value is -1.46. The molecule has 22 heavy (non-hydrogen) atoms. The van der Waals surface area contributed by atoms with Gasteiger partial charge in [-0.3, -0.25) is 4.79 Å². The molecule has 1 atom stereocenters. The van der Waals surface area contributed by atoms with Gasteiger partial charge in [0, 0.05) is 25.6 Å². The molecule has 1 N–H and O–H groups in total. The van der Waals surface area contributed by atoms with E-state index < -0.39 is 0 Å². The van der Waals surface area contributed by atoms with Gasteiger partial charge < -0.3 is 19.7 Å². The summed E-state index contributed by atoms with van der Waals surface area (Å²) >= 11 is 0. The topological polar surface area (TPSA) is 50.8 Å². The fourth-order valence-corrected chi connectivity index (χ4v) is 2.52. The smallest absolute Gasteiger partial charge is 0.225 e. The summed E-state index contributed by atoms with van der Waals surface area (Å²) < 4.78 is 10.5. The zero-order valence-electron chi connectivity index (χ0n) is 13.6. The zero-order chi connectivity index (χ0) is 15.4. The quantitative estimate of drug-likeness (QED) is 0.867. The summed E-state index contributed by atoms with van der Waals surface area (Å²) in [6, 6.07) is 5.69. The molecule has 6 heteroatoms. The summed E-state index contributed by atoms with van der Waals surface area (Å²) in [5, 5.41) is 3.21. The van der Waals surface area contributed by atoms with Crippen LogP contribution in [0.1, 0.15) is 12.5 Å². The van der Waals surface area contributed by atoms with Crippen LogP contribution in [-0.2, 0) is 11.3 Å². The molecule has 0 saturated carbocycles. The Morgan fingerprint density at radius 2 is 1.82 bits per heavy atom. The number of nitrogens with one attached hydrogen (secondary N) is 1. The van der Waals surface area contributed by atoms with E-state index in [0.717, 1.165) is 30.2 Å². The molecule has 0 aromatic heterocycles. The molecule has 1 aromatic rings. The third-order valence-corrected chi connectivity index (χ3v) is 4.12. The standard InChI is InChI=1S/C16H24N2O3.ClH/c1-11(13-8-17-9-13)16(19)18(2)10-12-5-14(20-3)7-15(6-12)21-4;/h5-7,11,13,17H,8-10H2,1-4H3;1H. The monoisotopic (exact) mass is 328 g/mol. The van der Waals surface area contributed by atoms with Gasteiger partial charge in [0.25, 0.3) is 0 Å². The van der Waals surface area contributed by atoms with Crippen LogP contribution in [0.15, 0.2) is 18.2 Å². The van der Waals surface area contributed by atoms with Gasteiger partial charge in [0.15, 0.2) is 0 Å². The van der Waals surface area contributed by atoms with Crippen molar-refractivity contribution in [3.8, 4) is 11.5 Å². The number of halogens is 1. The van der Waals surface area contributed by atoms with Crippen molar-refractivity contribution in [2.24, 2.45) is 11.8 Å². The number of rotatable bonds is 6. The van der Waals surface area contributed by atoms with Gasteiger partial charge in [-0.25, -0.2) is 0 Å². The zero-order valence-corrected chi connectivity index (χ0v) is 14.4. The van der Waals surface area contributed by atoms with Crippen LogP contribution < -0.4 is 14.8 Å². The average molecular weight is 329 g/mol. The summed E-state index contributed by atoms with van der Waals surface area (Å²) in [4.78, 5) is 14.2. The molecule has 1 aromatic carbocycles. The van der Waals surface area contributed by atoms with E-state index >= 15 is 0 Å². The van der Waals surface area contributed by atoms with E-state index in [0.29, 0.717) is 12.5 Å². The largest absolute Gasteiger partial charge is 0.497 e. The van der Waals surface area contributed by atoms with Crippen molar-refractivity contribution in [2.45, 2.75) is 13.5 Å². The van der Waals surface area contributed by atoms with Gasteiger partial charge >= 0.3 is 0 Å². The normalized spacial score (nSPS) is 15.3. The van der Waals surface area contributed by atoms with Crippen LogP contribution in [0, 0.1) is 11.8 Å². The van der Waals surface area contributed by atoms with Crippen molar-refractivity contribution in [1.29, 1.82) is 0 Å². The highest BCUT2D eigenvalue weighted by Crippen LogP contribution is 2.24. The molecule has 1 unspecified atom stereocenters. The number of benzene rings is 1. The number of hydrogen-bond acceptors (Lipinski definition) is 4. The first-order chi connectivity index (χ1) is 10.0. The molecule has 124 valence electrons. The van der Waals surface area contributed by atoms with E-state index in [9.17, 15) is 4.79 Å². The molecule has 1 saturated heterocycles. The Morgan fingerprint density at radius 3 is 2.23 bits per heavy atom. The second-order valence-electron chi connectivity index (χ2n) is 5.62. The van der Waals surface area contributed by atoms with Crippen molar-refractivity contribution in [2.75, 3.05) is 34.4 Å². The van der Waals surface area contributed by atoms with Crippen molar-refractivity contribution in [3.05, 3.63) is 23.8 Å².